The van der Waals surface area contributed by atoms with E-state index in [1.807, 2.05) is 12.2 Å². The fourth-order valence-corrected chi connectivity index (χ4v) is 2.58. The molecule has 0 fully saturated rings. The molecule has 0 radical (unpaired) electrons. The third kappa shape index (κ3) is 4.41. The van der Waals surface area contributed by atoms with E-state index in [1.54, 1.807) is 14.2 Å². The van der Waals surface area contributed by atoms with Gasteiger partial charge in [0.15, 0.2) is 0 Å². The van der Waals surface area contributed by atoms with E-state index in [4.69, 9.17) is 9.47 Å². The zero-order chi connectivity index (χ0) is 13.4. The van der Waals surface area contributed by atoms with Crippen molar-refractivity contribution < 1.29 is 14.6 Å². The van der Waals surface area contributed by atoms with Gasteiger partial charge >= 0.3 is 0 Å². The summed E-state index contributed by atoms with van der Waals surface area (Å²) in [6.45, 7) is 0. The van der Waals surface area contributed by atoms with Gasteiger partial charge in [-0.15, -0.1) is 0 Å². The zero-order valence-corrected chi connectivity index (χ0v) is 12.8. The summed E-state index contributed by atoms with van der Waals surface area (Å²) < 4.78 is 10.8. The Kier molecular flexibility index (Phi) is 7.63. The van der Waals surface area contributed by atoms with Gasteiger partial charge in [0.1, 0.15) is 11.9 Å². The van der Waals surface area contributed by atoms with Crippen LogP contribution in [-0.2, 0) is 9.47 Å². The van der Waals surface area contributed by atoms with Gasteiger partial charge in [-0.3, -0.25) is 0 Å². The Balaban J connectivity index is 2.60. The van der Waals surface area contributed by atoms with Crippen molar-refractivity contribution in [1.82, 2.24) is 0 Å². The maximum atomic E-state index is 10.2. The van der Waals surface area contributed by atoms with E-state index >= 15 is 0 Å². The quantitative estimate of drug-likeness (QED) is 0.552. The summed E-state index contributed by atoms with van der Waals surface area (Å²) in [6.07, 6.45) is 8.37. The van der Waals surface area contributed by atoms with Gasteiger partial charge in [-0.2, -0.15) is 0 Å². The van der Waals surface area contributed by atoms with Gasteiger partial charge < -0.3 is 14.6 Å². The Morgan fingerprint density at radius 3 is 2.78 bits per heavy atom. The molecule has 104 valence electrons. The number of halogens is 1. The summed E-state index contributed by atoms with van der Waals surface area (Å²) in [7, 11) is 3.31. The van der Waals surface area contributed by atoms with Crippen molar-refractivity contribution in [3.05, 3.63) is 23.5 Å². The molecule has 1 aliphatic carbocycles. The number of unbranched alkanes of at least 4 members (excludes halogenated alkanes) is 2. The normalized spacial score (nSPS) is 21.2. The van der Waals surface area contributed by atoms with Crippen molar-refractivity contribution in [2.45, 2.75) is 44.3 Å². The first-order valence-electron chi connectivity index (χ1n) is 6.46. The Bertz CT molecular complexity index is 299. The molecule has 0 amide bonds. The summed E-state index contributed by atoms with van der Waals surface area (Å²) in [5.41, 5.74) is 0.870. The molecule has 0 saturated heterocycles. The lowest BCUT2D eigenvalue weighted by Gasteiger charge is -2.25. The Morgan fingerprint density at radius 1 is 1.39 bits per heavy atom. The number of aliphatic hydroxyl groups is 1. The molecular weight excluding hydrogens is 296 g/mol. The lowest BCUT2D eigenvalue weighted by Crippen LogP contribution is -2.23. The molecule has 1 aliphatic rings. The molecule has 1 N–H and O–H groups in total. The topological polar surface area (TPSA) is 38.7 Å². The number of hydrogen-bond donors (Lipinski definition) is 1. The van der Waals surface area contributed by atoms with E-state index in [2.05, 4.69) is 15.9 Å². The fraction of sp³-hybridized carbons (Fsp3) is 0.714. The number of hydrogen-bond acceptors (Lipinski definition) is 3. The van der Waals surface area contributed by atoms with E-state index < -0.39 is 6.10 Å². The minimum Gasteiger partial charge on any atom is -0.498 e. The largest absolute Gasteiger partial charge is 0.498 e. The van der Waals surface area contributed by atoms with Crippen molar-refractivity contribution in [3.63, 3.8) is 0 Å². The predicted octanol–water partition coefficient (Wildman–Crippen LogP) is 3.18. The molecule has 4 heteroatoms. The van der Waals surface area contributed by atoms with Crippen LogP contribution in [0.1, 0.15) is 32.1 Å². The van der Waals surface area contributed by atoms with Crippen molar-refractivity contribution in [2.75, 3.05) is 19.5 Å². The third-order valence-corrected chi connectivity index (χ3v) is 3.76. The van der Waals surface area contributed by atoms with Crippen LogP contribution in [0, 0.1) is 0 Å². The van der Waals surface area contributed by atoms with Gasteiger partial charge in [-0.1, -0.05) is 40.9 Å². The minimum atomic E-state index is -0.454. The van der Waals surface area contributed by atoms with Crippen LogP contribution in [0.3, 0.4) is 0 Å². The molecule has 0 bridgehead atoms. The highest BCUT2D eigenvalue weighted by atomic mass is 79.9. The average Bonchev–Trinajstić information content (AvgIpc) is 2.42. The molecule has 0 aromatic heterocycles. The van der Waals surface area contributed by atoms with Crippen LogP contribution < -0.4 is 0 Å². The highest BCUT2D eigenvalue weighted by molar-refractivity contribution is 9.09. The van der Waals surface area contributed by atoms with Crippen molar-refractivity contribution >= 4 is 15.9 Å². The average molecular weight is 319 g/mol. The van der Waals surface area contributed by atoms with Crippen LogP contribution in [0.2, 0.25) is 0 Å². The Morgan fingerprint density at radius 2 is 2.17 bits per heavy atom. The van der Waals surface area contributed by atoms with Crippen LogP contribution in [0.15, 0.2) is 23.5 Å². The molecule has 0 heterocycles. The molecule has 1 unspecified atom stereocenters. The van der Waals surface area contributed by atoms with Gasteiger partial charge in [-0.05, 0) is 19.3 Å². The van der Waals surface area contributed by atoms with E-state index in [0.29, 0.717) is 0 Å². The first kappa shape index (κ1) is 15.7. The monoisotopic (exact) mass is 318 g/mol. The molecule has 0 aromatic rings. The highest BCUT2D eigenvalue weighted by Gasteiger charge is 2.24. The summed E-state index contributed by atoms with van der Waals surface area (Å²) in [4.78, 5) is 0. The third-order valence-electron chi connectivity index (χ3n) is 3.20. The van der Waals surface area contributed by atoms with Crippen LogP contribution in [0.4, 0.5) is 0 Å². The number of ether oxygens (including phenoxy) is 2. The molecule has 3 nitrogen and oxygen atoms in total. The number of methoxy groups -OCH3 is 2. The summed E-state index contributed by atoms with van der Waals surface area (Å²) in [6, 6.07) is 0. The van der Waals surface area contributed by atoms with E-state index in [-0.39, 0.29) is 6.10 Å². The minimum absolute atomic E-state index is 0.0628. The standard InChI is InChI=1S/C14H23BrO3/c1-17-13-9-6-7-11(14(13)18-2)12(16)8-4-3-5-10-15/h6-7,12-13,16H,3-5,8-10H2,1-2H3/t12-,13?/m1/s1. The number of rotatable bonds is 8. The SMILES string of the molecule is COC1=C([C@H](O)CCCCCBr)C=CCC1OC. The molecular formula is C14H23BrO3. The Labute approximate surface area is 118 Å². The maximum absolute atomic E-state index is 10.2. The predicted molar refractivity (Wildman–Crippen MR) is 76.9 cm³/mol. The van der Waals surface area contributed by atoms with Crippen LogP contribution in [0.25, 0.3) is 0 Å². The summed E-state index contributed by atoms with van der Waals surface area (Å²) >= 11 is 3.41. The smallest absolute Gasteiger partial charge is 0.130 e. The highest BCUT2D eigenvalue weighted by Crippen LogP contribution is 2.26. The van der Waals surface area contributed by atoms with E-state index in [1.165, 1.54) is 0 Å². The van der Waals surface area contributed by atoms with Gasteiger partial charge in [0.05, 0.1) is 13.2 Å². The summed E-state index contributed by atoms with van der Waals surface area (Å²) in [5, 5.41) is 11.3. The van der Waals surface area contributed by atoms with Gasteiger partial charge in [0, 0.05) is 18.0 Å². The maximum Gasteiger partial charge on any atom is 0.130 e. The second-order valence-electron chi connectivity index (χ2n) is 4.44. The molecule has 0 aliphatic heterocycles. The summed E-state index contributed by atoms with van der Waals surface area (Å²) in [5.74, 6) is 0.771. The molecule has 0 saturated carbocycles. The second kappa shape index (κ2) is 8.73. The van der Waals surface area contributed by atoms with Crippen LogP contribution >= 0.6 is 15.9 Å². The van der Waals surface area contributed by atoms with Gasteiger partial charge in [0.2, 0.25) is 0 Å². The molecule has 18 heavy (non-hydrogen) atoms. The van der Waals surface area contributed by atoms with Crippen LogP contribution in [-0.4, -0.2) is 36.9 Å². The second-order valence-corrected chi connectivity index (χ2v) is 5.23. The number of alkyl halides is 1. The van der Waals surface area contributed by atoms with Crippen LogP contribution in [0.5, 0.6) is 0 Å². The zero-order valence-electron chi connectivity index (χ0n) is 11.2. The molecule has 1 rings (SSSR count). The first-order valence-corrected chi connectivity index (χ1v) is 7.58. The first-order chi connectivity index (χ1) is 8.74. The lowest BCUT2D eigenvalue weighted by molar-refractivity contribution is 0.0715. The van der Waals surface area contributed by atoms with Crippen molar-refractivity contribution in [3.8, 4) is 0 Å². The Hall–Kier alpha value is -0.320. The van der Waals surface area contributed by atoms with E-state index in [9.17, 15) is 5.11 Å². The lowest BCUT2D eigenvalue weighted by atomic mass is 9.95. The molecule has 0 spiro atoms. The number of aliphatic hydroxyl groups excluding tert-OH is 1. The van der Waals surface area contributed by atoms with Crippen molar-refractivity contribution in [2.24, 2.45) is 0 Å². The van der Waals surface area contributed by atoms with Gasteiger partial charge in [-0.25, -0.2) is 0 Å². The van der Waals surface area contributed by atoms with Crippen molar-refractivity contribution in [1.29, 1.82) is 0 Å². The molecule has 0 aromatic carbocycles. The molecule has 2 atom stereocenters. The van der Waals surface area contributed by atoms with E-state index in [0.717, 1.165) is 48.8 Å². The van der Waals surface area contributed by atoms with Gasteiger partial charge in [0.25, 0.3) is 0 Å². The fourth-order valence-electron chi connectivity index (χ4n) is 2.19.